The maximum atomic E-state index is 14.2. The van der Waals surface area contributed by atoms with Gasteiger partial charge in [0.15, 0.2) is 0 Å². The molecule has 0 aromatic heterocycles. The molecule has 0 aliphatic heterocycles. The van der Waals surface area contributed by atoms with E-state index < -0.39 is 27.6 Å². The number of halogens is 2. The van der Waals surface area contributed by atoms with Gasteiger partial charge in [0, 0.05) is 12.6 Å². The molecule has 1 amide bonds. The lowest BCUT2D eigenvalue weighted by molar-refractivity contribution is 0.102. The standard InChI is InChI=1S/C21H18F2N2O3S/c1-25(29(2,27)28)19-12-11-15(20-16(22)9-6-10-17(20)23)13-18(19)24-21(26)14-7-4-3-5-8-14/h3-13H,1-2H3,(H,24,26). The van der Waals surface area contributed by atoms with E-state index in [1.54, 1.807) is 30.3 Å². The topological polar surface area (TPSA) is 66.5 Å². The smallest absolute Gasteiger partial charge is 0.255 e. The molecule has 0 fully saturated rings. The third kappa shape index (κ3) is 4.43. The van der Waals surface area contributed by atoms with Crippen LogP contribution in [0.5, 0.6) is 0 Å². The van der Waals surface area contributed by atoms with Gasteiger partial charge >= 0.3 is 0 Å². The van der Waals surface area contributed by atoms with Gasteiger partial charge in [0.25, 0.3) is 5.91 Å². The minimum Gasteiger partial charge on any atom is -0.320 e. The monoisotopic (exact) mass is 416 g/mol. The van der Waals surface area contributed by atoms with Crippen molar-refractivity contribution >= 4 is 27.3 Å². The second kappa shape index (κ2) is 8.00. The van der Waals surface area contributed by atoms with Crippen molar-refractivity contribution in [3.05, 3.63) is 83.9 Å². The van der Waals surface area contributed by atoms with E-state index >= 15 is 0 Å². The van der Waals surface area contributed by atoms with Gasteiger partial charge in [-0.2, -0.15) is 0 Å². The van der Waals surface area contributed by atoms with Crippen LogP contribution in [-0.4, -0.2) is 27.6 Å². The Balaban J connectivity index is 2.12. The summed E-state index contributed by atoms with van der Waals surface area (Å²) in [7, 11) is -2.31. The Hall–Kier alpha value is -3.26. The first-order valence-corrected chi connectivity index (χ1v) is 10.4. The number of carbonyl (C=O) groups excluding carboxylic acids is 1. The van der Waals surface area contributed by atoms with Crippen LogP contribution in [0.15, 0.2) is 66.7 Å². The van der Waals surface area contributed by atoms with Gasteiger partial charge < -0.3 is 5.32 Å². The number of hydrogen-bond donors (Lipinski definition) is 1. The molecule has 3 aromatic carbocycles. The Morgan fingerprint density at radius 1 is 0.931 bits per heavy atom. The van der Waals surface area contributed by atoms with Crippen LogP contribution < -0.4 is 9.62 Å². The Morgan fingerprint density at radius 2 is 1.55 bits per heavy atom. The van der Waals surface area contributed by atoms with Crippen LogP contribution in [0, 0.1) is 11.6 Å². The SMILES string of the molecule is CN(c1ccc(-c2c(F)cccc2F)cc1NC(=O)c1ccccc1)S(C)(=O)=O. The number of sulfonamides is 1. The fraction of sp³-hybridized carbons (Fsp3) is 0.0952. The molecule has 0 atom stereocenters. The summed E-state index contributed by atoms with van der Waals surface area (Å²) in [6.45, 7) is 0. The highest BCUT2D eigenvalue weighted by Gasteiger charge is 2.20. The maximum Gasteiger partial charge on any atom is 0.255 e. The molecular weight excluding hydrogens is 398 g/mol. The van der Waals surface area contributed by atoms with Crippen molar-refractivity contribution in [2.45, 2.75) is 0 Å². The van der Waals surface area contributed by atoms with Crippen molar-refractivity contribution in [2.75, 3.05) is 22.9 Å². The Bertz CT molecular complexity index is 1150. The molecule has 0 saturated heterocycles. The average Bonchev–Trinajstić information content (AvgIpc) is 2.67. The molecule has 150 valence electrons. The van der Waals surface area contributed by atoms with Crippen LogP contribution in [0.1, 0.15) is 10.4 Å². The third-order valence-electron chi connectivity index (χ3n) is 4.37. The zero-order chi connectivity index (χ0) is 21.2. The molecule has 0 radical (unpaired) electrons. The van der Waals surface area contributed by atoms with Crippen molar-refractivity contribution in [3.8, 4) is 11.1 Å². The van der Waals surface area contributed by atoms with Gasteiger partial charge in [-0.25, -0.2) is 17.2 Å². The summed E-state index contributed by atoms with van der Waals surface area (Å²) in [5.74, 6) is -2.02. The summed E-state index contributed by atoms with van der Waals surface area (Å²) in [4.78, 5) is 12.6. The van der Waals surface area contributed by atoms with Gasteiger partial charge in [0.1, 0.15) is 11.6 Å². The maximum absolute atomic E-state index is 14.2. The van der Waals surface area contributed by atoms with Crippen LogP contribution in [0.25, 0.3) is 11.1 Å². The minimum absolute atomic E-state index is 0.104. The van der Waals surface area contributed by atoms with Crippen molar-refractivity contribution in [2.24, 2.45) is 0 Å². The van der Waals surface area contributed by atoms with E-state index in [1.165, 1.54) is 31.3 Å². The first-order chi connectivity index (χ1) is 13.7. The third-order valence-corrected chi connectivity index (χ3v) is 5.56. The number of benzene rings is 3. The van der Waals surface area contributed by atoms with Gasteiger partial charge in [-0.1, -0.05) is 30.3 Å². The number of nitrogens with zero attached hydrogens (tertiary/aromatic N) is 1. The summed E-state index contributed by atoms with van der Waals surface area (Å²) >= 11 is 0. The second-order valence-corrected chi connectivity index (χ2v) is 8.39. The van der Waals surface area contributed by atoms with E-state index in [0.29, 0.717) is 5.56 Å². The number of anilines is 2. The number of nitrogens with one attached hydrogen (secondary N) is 1. The number of carbonyl (C=O) groups is 1. The Morgan fingerprint density at radius 3 is 2.14 bits per heavy atom. The van der Waals surface area contributed by atoms with E-state index in [2.05, 4.69) is 5.32 Å². The Kier molecular flexibility index (Phi) is 5.65. The van der Waals surface area contributed by atoms with Crippen molar-refractivity contribution in [1.29, 1.82) is 0 Å². The van der Waals surface area contributed by atoms with Gasteiger partial charge in [-0.3, -0.25) is 9.10 Å². The summed E-state index contributed by atoms with van der Waals surface area (Å²) in [6, 6.07) is 15.9. The molecule has 0 bridgehead atoms. The first kappa shape index (κ1) is 20.5. The fourth-order valence-electron chi connectivity index (χ4n) is 2.80. The fourth-order valence-corrected chi connectivity index (χ4v) is 3.32. The molecule has 0 heterocycles. The average molecular weight is 416 g/mol. The highest BCUT2D eigenvalue weighted by molar-refractivity contribution is 7.92. The zero-order valence-electron chi connectivity index (χ0n) is 15.7. The molecule has 0 saturated carbocycles. The minimum atomic E-state index is -3.64. The summed E-state index contributed by atoms with van der Waals surface area (Å²) in [5, 5.41) is 2.64. The molecule has 0 aliphatic carbocycles. The van der Waals surface area contributed by atoms with Crippen LogP contribution in [0.3, 0.4) is 0 Å². The second-order valence-electron chi connectivity index (χ2n) is 6.38. The summed E-state index contributed by atoms with van der Waals surface area (Å²) < 4.78 is 53.4. The first-order valence-electron chi connectivity index (χ1n) is 8.57. The van der Waals surface area contributed by atoms with Gasteiger partial charge in [-0.15, -0.1) is 0 Å². The van der Waals surface area contributed by atoms with E-state index in [4.69, 9.17) is 0 Å². The van der Waals surface area contributed by atoms with Crippen molar-refractivity contribution in [3.63, 3.8) is 0 Å². The molecule has 1 N–H and O–H groups in total. The highest BCUT2D eigenvalue weighted by atomic mass is 32.2. The summed E-state index contributed by atoms with van der Waals surface area (Å²) in [5.41, 5.74) is 0.512. The largest absolute Gasteiger partial charge is 0.320 e. The van der Waals surface area contributed by atoms with Gasteiger partial charge in [-0.05, 0) is 42.0 Å². The molecular formula is C21H18F2N2O3S. The highest BCUT2D eigenvalue weighted by Crippen LogP contribution is 2.34. The van der Waals surface area contributed by atoms with Crippen molar-refractivity contribution in [1.82, 2.24) is 0 Å². The number of amides is 1. The lowest BCUT2D eigenvalue weighted by Crippen LogP contribution is -2.26. The molecule has 8 heteroatoms. The van der Waals surface area contributed by atoms with E-state index in [0.717, 1.165) is 22.7 Å². The number of rotatable bonds is 5. The van der Waals surface area contributed by atoms with Gasteiger partial charge in [0.2, 0.25) is 10.0 Å². The molecule has 5 nitrogen and oxygen atoms in total. The van der Waals surface area contributed by atoms with Crippen molar-refractivity contribution < 1.29 is 22.0 Å². The van der Waals surface area contributed by atoms with E-state index in [9.17, 15) is 22.0 Å². The van der Waals surface area contributed by atoms with Crippen LogP contribution in [-0.2, 0) is 10.0 Å². The van der Waals surface area contributed by atoms with E-state index in [1.807, 2.05) is 0 Å². The van der Waals surface area contributed by atoms with Crippen LogP contribution in [0.4, 0.5) is 20.2 Å². The lowest BCUT2D eigenvalue weighted by atomic mass is 10.0. The van der Waals surface area contributed by atoms with Gasteiger partial charge in [0.05, 0.1) is 23.2 Å². The van der Waals surface area contributed by atoms with E-state index in [-0.39, 0.29) is 22.5 Å². The lowest BCUT2D eigenvalue weighted by Gasteiger charge is -2.21. The summed E-state index contributed by atoms with van der Waals surface area (Å²) in [6.07, 6.45) is 1.01. The predicted molar refractivity (Wildman–Crippen MR) is 109 cm³/mol. The molecule has 0 spiro atoms. The molecule has 3 aromatic rings. The molecule has 29 heavy (non-hydrogen) atoms. The molecule has 0 aliphatic rings. The van der Waals surface area contributed by atoms with Crippen LogP contribution >= 0.6 is 0 Å². The normalized spacial score (nSPS) is 11.2. The predicted octanol–water partition coefficient (Wildman–Crippen LogP) is 4.28. The molecule has 3 rings (SSSR count). The zero-order valence-corrected chi connectivity index (χ0v) is 16.5. The Labute approximate surface area is 167 Å². The quantitative estimate of drug-likeness (QED) is 0.675. The molecule has 0 unspecified atom stereocenters. The number of hydrogen-bond acceptors (Lipinski definition) is 3. The van der Waals surface area contributed by atoms with Crippen LogP contribution in [0.2, 0.25) is 0 Å².